The summed E-state index contributed by atoms with van der Waals surface area (Å²) in [5.41, 5.74) is -0.167. The van der Waals surface area contributed by atoms with Crippen LogP contribution in [0.1, 0.15) is 25.7 Å². The Labute approximate surface area is 181 Å². The number of nitrogens with zero attached hydrogens (tertiary/aromatic N) is 1. The molecule has 3 fully saturated rings. The molecule has 8 heteroatoms. The van der Waals surface area contributed by atoms with Crippen LogP contribution in [0.4, 0.5) is 5.69 Å². The summed E-state index contributed by atoms with van der Waals surface area (Å²) in [6.45, 7) is 0.544. The van der Waals surface area contributed by atoms with Crippen molar-refractivity contribution in [2.45, 2.75) is 43.4 Å². The van der Waals surface area contributed by atoms with Crippen molar-refractivity contribution in [3.05, 3.63) is 24.3 Å². The molecule has 1 saturated carbocycles. The highest BCUT2D eigenvalue weighted by Crippen LogP contribution is 2.53. The molecule has 4 atom stereocenters. The SMILES string of the molecule is COc1cc(NC(=O)C2C3C(=O)N(C4CCCC4)C[C@@]34C=C[C@H]2O4)cc(OC)c1OC. The van der Waals surface area contributed by atoms with Crippen molar-refractivity contribution in [1.82, 2.24) is 4.90 Å². The van der Waals surface area contributed by atoms with Crippen LogP contribution < -0.4 is 19.5 Å². The van der Waals surface area contributed by atoms with Crippen LogP contribution in [-0.4, -0.2) is 62.3 Å². The van der Waals surface area contributed by atoms with Crippen LogP contribution in [0.3, 0.4) is 0 Å². The van der Waals surface area contributed by atoms with E-state index in [0.29, 0.717) is 29.5 Å². The molecule has 2 amide bonds. The van der Waals surface area contributed by atoms with E-state index >= 15 is 0 Å². The van der Waals surface area contributed by atoms with Gasteiger partial charge in [0.1, 0.15) is 5.60 Å². The highest BCUT2D eigenvalue weighted by molar-refractivity contribution is 5.99. The van der Waals surface area contributed by atoms with E-state index in [0.717, 1.165) is 25.7 Å². The minimum atomic E-state index is -0.679. The third-order valence-corrected chi connectivity index (χ3v) is 7.13. The number of anilines is 1. The van der Waals surface area contributed by atoms with E-state index in [9.17, 15) is 9.59 Å². The van der Waals surface area contributed by atoms with Crippen molar-refractivity contribution in [3.8, 4) is 17.2 Å². The Morgan fingerprint density at radius 3 is 2.42 bits per heavy atom. The Kier molecular flexibility index (Phi) is 4.84. The Balaban J connectivity index is 1.40. The predicted molar refractivity (Wildman–Crippen MR) is 112 cm³/mol. The van der Waals surface area contributed by atoms with Crippen LogP contribution in [-0.2, 0) is 14.3 Å². The van der Waals surface area contributed by atoms with Crippen molar-refractivity contribution >= 4 is 17.5 Å². The van der Waals surface area contributed by atoms with E-state index in [1.54, 1.807) is 12.1 Å². The van der Waals surface area contributed by atoms with Crippen LogP contribution in [0, 0.1) is 11.8 Å². The Morgan fingerprint density at radius 1 is 1.13 bits per heavy atom. The molecule has 3 aliphatic heterocycles. The maximum absolute atomic E-state index is 13.4. The zero-order valence-corrected chi connectivity index (χ0v) is 18.1. The number of ether oxygens (including phenoxy) is 4. The van der Waals surface area contributed by atoms with E-state index in [1.165, 1.54) is 21.3 Å². The first-order chi connectivity index (χ1) is 15.0. The summed E-state index contributed by atoms with van der Waals surface area (Å²) in [6.07, 6.45) is 7.91. The molecule has 8 nitrogen and oxygen atoms in total. The Bertz CT molecular complexity index is 915. The topological polar surface area (TPSA) is 86.3 Å². The molecular weight excluding hydrogens is 400 g/mol. The summed E-state index contributed by atoms with van der Waals surface area (Å²) in [6, 6.07) is 3.63. The monoisotopic (exact) mass is 428 g/mol. The summed E-state index contributed by atoms with van der Waals surface area (Å²) in [4.78, 5) is 28.7. The number of carbonyl (C=O) groups excluding carboxylic acids is 2. The van der Waals surface area contributed by atoms with Crippen LogP contribution in [0.2, 0.25) is 0 Å². The second kappa shape index (κ2) is 7.44. The van der Waals surface area contributed by atoms with Crippen LogP contribution in [0.5, 0.6) is 17.2 Å². The quantitative estimate of drug-likeness (QED) is 0.700. The lowest BCUT2D eigenvalue weighted by molar-refractivity contribution is -0.137. The Morgan fingerprint density at radius 2 is 1.81 bits per heavy atom. The molecule has 1 aliphatic carbocycles. The molecule has 0 aromatic heterocycles. The molecule has 1 spiro atoms. The smallest absolute Gasteiger partial charge is 0.231 e. The van der Waals surface area contributed by atoms with Gasteiger partial charge in [0.05, 0.1) is 45.8 Å². The summed E-state index contributed by atoms with van der Waals surface area (Å²) in [7, 11) is 4.57. The molecule has 166 valence electrons. The van der Waals surface area contributed by atoms with Crippen molar-refractivity contribution in [2.75, 3.05) is 33.2 Å². The highest BCUT2D eigenvalue weighted by Gasteiger charge is 2.67. The van der Waals surface area contributed by atoms with Crippen LogP contribution >= 0.6 is 0 Å². The molecule has 31 heavy (non-hydrogen) atoms. The summed E-state index contributed by atoms with van der Waals surface area (Å²) in [5, 5.41) is 2.94. The first-order valence-electron chi connectivity index (χ1n) is 10.8. The third-order valence-electron chi connectivity index (χ3n) is 7.13. The minimum Gasteiger partial charge on any atom is -0.493 e. The molecule has 1 N–H and O–H groups in total. The fraction of sp³-hybridized carbons (Fsp3) is 0.565. The van der Waals surface area contributed by atoms with E-state index in [1.807, 2.05) is 17.1 Å². The number of hydrogen-bond acceptors (Lipinski definition) is 6. The van der Waals surface area contributed by atoms with Gasteiger partial charge in [0.2, 0.25) is 17.6 Å². The molecule has 1 aromatic carbocycles. The molecule has 4 aliphatic rings. The lowest BCUT2D eigenvalue weighted by Gasteiger charge is -2.27. The molecule has 1 aromatic rings. The number of carbonyl (C=O) groups is 2. The predicted octanol–water partition coefficient (Wildman–Crippen LogP) is 2.38. The number of hydrogen-bond donors (Lipinski definition) is 1. The zero-order valence-electron chi connectivity index (χ0n) is 18.1. The van der Waals surface area contributed by atoms with E-state index in [-0.39, 0.29) is 24.0 Å². The number of rotatable bonds is 6. The van der Waals surface area contributed by atoms with Gasteiger partial charge in [0.25, 0.3) is 0 Å². The molecule has 0 radical (unpaired) electrons. The normalized spacial score (nSPS) is 31.3. The van der Waals surface area contributed by atoms with Gasteiger partial charge in [-0.15, -0.1) is 0 Å². The number of fused-ring (bicyclic) bond motifs is 1. The van der Waals surface area contributed by atoms with Gasteiger partial charge in [0.15, 0.2) is 11.5 Å². The average molecular weight is 428 g/mol. The fourth-order valence-corrected chi connectivity index (χ4v) is 5.73. The van der Waals surface area contributed by atoms with E-state index < -0.39 is 17.4 Å². The summed E-state index contributed by atoms with van der Waals surface area (Å²) < 4.78 is 22.3. The van der Waals surface area contributed by atoms with Crippen molar-refractivity contribution in [1.29, 1.82) is 0 Å². The summed E-state index contributed by atoms with van der Waals surface area (Å²) in [5.74, 6) is 0.101. The molecular formula is C23H28N2O6. The van der Waals surface area contributed by atoms with Crippen molar-refractivity contribution in [3.63, 3.8) is 0 Å². The molecule has 3 heterocycles. The van der Waals surface area contributed by atoms with Gasteiger partial charge in [-0.25, -0.2) is 0 Å². The molecule has 2 unspecified atom stereocenters. The van der Waals surface area contributed by atoms with Crippen molar-refractivity contribution in [2.24, 2.45) is 11.8 Å². The van der Waals surface area contributed by atoms with E-state index in [4.69, 9.17) is 18.9 Å². The van der Waals surface area contributed by atoms with Gasteiger partial charge >= 0.3 is 0 Å². The van der Waals surface area contributed by atoms with Gasteiger partial charge < -0.3 is 29.2 Å². The first-order valence-corrected chi connectivity index (χ1v) is 10.8. The van der Waals surface area contributed by atoms with Gasteiger partial charge in [0, 0.05) is 23.9 Å². The lowest BCUT2D eigenvalue weighted by atomic mass is 9.76. The van der Waals surface area contributed by atoms with Gasteiger partial charge in [-0.2, -0.15) is 0 Å². The highest BCUT2D eigenvalue weighted by atomic mass is 16.5. The van der Waals surface area contributed by atoms with E-state index in [2.05, 4.69) is 5.32 Å². The number of likely N-dealkylation sites (tertiary alicyclic amines) is 1. The zero-order chi connectivity index (χ0) is 21.8. The molecule has 5 rings (SSSR count). The van der Waals surface area contributed by atoms with Gasteiger partial charge in [-0.05, 0) is 12.8 Å². The molecule has 2 bridgehead atoms. The van der Waals surface area contributed by atoms with Crippen molar-refractivity contribution < 1.29 is 28.5 Å². The third kappa shape index (κ3) is 2.99. The van der Waals surface area contributed by atoms with Gasteiger partial charge in [-0.3, -0.25) is 9.59 Å². The Hall–Kier alpha value is -2.74. The maximum atomic E-state index is 13.4. The van der Waals surface area contributed by atoms with Crippen LogP contribution in [0.15, 0.2) is 24.3 Å². The largest absolute Gasteiger partial charge is 0.493 e. The fourth-order valence-electron chi connectivity index (χ4n) is 5.73. The molecule has 2 saturated heterocycles. The van der Waals surface area contributed by atoms with Gasteiger partial charge in [-0.1, -0.05) is 25.0 Å². The number of methoxy groups -OCH3 is 3. The second-order valence-corrected chi connectivity index (χ2v) is 8.71. The second-order valence-electron chi connectivity index (χ2n) is 8.71. The maximum Gasteiger partial charge on any atom is 0.231 e. The number of nitrogens with one attached hydrogen (secondary N) is 1. The minimum absolute atomic E-state index is 0.0452. The summed E-state index contributed by atoms with van der Waals surface area (Å²) >= 11 is 0. The number of benzene rings is 1. The average Bonchev–Trinajstić information content (AvgIpc) is 3.54. The first kappa shape index (κ1) is 20.2. The number of amides is 2. The standard InChI is InChI=1S/C23H28N2O6/c1-28-16-10-13(11-17(29-2)20(16)30-3)24-21(26)18-15-8-9-23(31-15)12-25(22(27)19(18)23)14-6-4-5-7-14/h8-11,14-15,18-19H,4-7,12H2,1-3H3,(H,24,26)/t15-,18?,19?,23+/m1/s1. The lowest BCUT2D eigenvalue weighted by Crippen LogP contribution is -2.42. The van der Waals surface area contributed by atoms with Crippen LogP contribution in [0.25, 0.3) is 0 Å².